The molecule has 3 unspecified atom stereocenters. The maximum atomic E-state index is 6.30. The summed E-state index contributed by atoms with van der Waals surface area (Å²) in [4.78, 5) is 0. The highest BCUT2D eigenvalue weighted by Gasteiger charge is 2.23. The van der Waals surface area contributed by atoms with E-state index >= 15 is 0 Å². The molecule has 1 aliphatic rings. The fraction of sp³-hybridized carbons (Fsp3) is 0.647. The number of rotatable bonds is 5. The zero-order chi connectivity index (χ0) is 15.4. The minimum Gasteiger partial charge on any atom is -0.493 e. The van der Waals surface area contributed by atoms with Crippen LogP contribution in [0.25, 0.3) is 0 Å². The molecule has 21 heavy (non-hydrogen) atoms. The van der Waals surface area contributed by atoms with Gasteiger partial charge in [-0.1, -0.05) is 24.9 Å². The molecule has 0 bridgehead atoms. The van der Waals surface area contributed by atoms with Crippen molar-refractivity contribution < 1.29 is 9.47 Å². The second-order valence-corrected chi connectivity index (χ2v) is 6.73. The van der Waals surface area contributed by atoms with Crippen LogP contribution in [0.15, 0.2) is 12.1 Å². The molecule has 1 aromatic rings. The second-order valence-electron chi connectivity index (χ2n) is 6.29. The number of nitrogens with two attached hydrogens (primary N) is 1. The Balaban J connectivity index is 2.26. The van der Waals surface area contributed by atoms with Gasteiger partial charge >= 0.3 is 0 Å². The Labute approximate surface area is 132 Å². The minimum absolute atomic E-state index is 0.0563. The molecule has 2 rings (SSSR count). The molecule has 1 aromatic carbocycles. The Morgan fingerprint density at radius 2 is 2.14 bits per heavy atom. The Morgan fingerprint density at radius 3 is 2.76 bits per heavy atom. The summed E-state index contributed by atoms with van der Waals surface area (Å²) in [7, 11) is 1.65. The van der Waals surface area contributed by atoms with Crippen molar-refractivity contribution in [1.82, 2.24) is 0 Å². The predicted octanol–water partition coefficient (Wildman–Crippen LogP) is 4.20. The molecule has 118 valence electrons. The predicted molar refractivity (Wildman–Crippen MR) is 87.4 cm³/mol. The number of halogens is 1. The summed E-state index contributed by atoms with van der Waals surface area (Å²) in [5.74, 6) is 2.24. The third-order valence-corrected chi connectivity index (χ3v) is 4.25. The monoisotopic (exact) mass is 311 g/mol. The van der Waals surface area contributed by atoms with E-state index in [1.165, 1.54) is 12.8 Å². The van der Waals surface area contributed by atoms with E-state index in [4.69, 9.17) is 26.8 Å². The van der Waals surface area contributed by atoms with Crippen LogP contribution >= 0.6 is 11.6 Å². The lowest BCUT2D eigenvalue weighted by Crippen LogP contribution is -2.25. The van der Waals surface area contributed by atoms with Crippen LogP contribution in [-0.4, -0.2) is 19.3 Å². The van der Waals surface area contributed by atoms with Gasteiger partial charge in [0, 0.05) is 22.7 Å². The van der Waals surface area contributed by atoms with E-state index in [0.717, 1.165) is 36.5 Å². The Kier molecular flexibility index (Phi) is 5.77. The van der Waals surface area contributed by atoms with Crippen LogP contribution in [-0.2, 0) is 6.42 Å². The highest BCUT2D eigenvalue weighted by molar-refractivity contribution is 6.30. The van der Waals surface area contributed by atoms with Gasteiger partial charge in [-0.3, -0.25) is 0 Å². The molecular weight excluding hydrogens is 286 g/mol. The van der Waals surface area contributed by atoms with Crippen LogP contribution in [0.3, 0.4) is 0 Å². The minimum atomic E-state index is 0.0563. The van der Waals surface area contributed by atoms with Crippen molar-refractivity contribution in [2.75, 3.05) is 7.11 Å². The van der Waals surface area contributed by atoms with Crippen LogP contribution in [0.5, 0.6) is 11.5 Å². The van der Waals surface area contributed by atoms with Gasteiger partial charge in [0.2, 0.25) is 0 Å². The van der Waals surface area contributed by atoms with Crippen molar-refractivity contribution in [3.8, 4) is 11.5 Å². The average Bonchev–Trinajstić information content (AvgIpc) is 2.40. The quantitative estimate of drug-likeness (QED) is 0.886. The summed E-state index contributed by atoms with van der Waals surface area (Å²) in [6.07, 6.45) is 5.72. The normalized spacial score (nSPS) is 23.7. The van der Waals surface area contributed by atoms with Crippen LogP contribution in [0.4, 0.5) is 0 Å². The first-order valence-corrected chi connectivity index (χ1v) is 8.16. The smallest absolute Gasteiger partial charge is 0.164 e. The highest BCUT2D eigenvalue weighted by Crippen LogP contribution is 2.38. The largest absolute Gasteiger partial charge is 0.493 e. The summed E-state index contributed by atoms with van der Waals surface area (Å²) in [6, 6.07) is 3.81. The first-order valence-electron chi connectivity index (χ1n) is 7.78. The molecule has 0 spiro atoms. The molecule has 3 atom stereocenters. The fourth-order valence-corrected chi connectivity index (χ4v) is 3.29. The topological polar surface area (TPSA) is 44.5 Å². The number of ether oxygens (including phenoxy) is 2. The van der Waals surface area contributed by atoms with Gasteiger partial charge in [0.1, 0.15) is 0 Å². The van der Waals surface area contributed by atoms with Crippen molar-refractivity contribution in [1.29, 1.82) is 0 Å². The van der Waals surface area contributed by atoms with E-state index in [1.807, 2.05) is 19.1 Å². The lowest BCUT2D eigenvalue weighted by molar-refractivity contribution is 0.124. The van der Waals surface area contributed by atoms with E-state index in [9.17, 15) is 0 Å². The fourth-order valence-electron chi connectivity index (χ4n) is 3.06. The maximum Gasteiger partial charge on any atom is 0.164 e. The molecule has 1 aliphatic carbocycles. The van der Waals surface area contributed by atoms with Crippen LogP contribution in [0, 0.1) is 5.92 Å². The first-order chi connectivity index (χ1) is 9.99. The van der Waals surface area contributed by atoms with E-state index < -0.39 is 0 Å². The summed E-state index contributed by atoms with van der Waals surface area (Å²) < 4.78 is 11.8. The van der Waals surface area contributed by atoms with Gasteiger partial charge < -0.3 is 15.2 Å². The Morgan fingerprint density at radius 1 is 1.38 bits per heavy atom. The third kappa shape index (κ3) is 4.52. The van der Waals surface area contributed by atoms with Crippen molar-refractivity contribution in [3.05, 3.63) is 22.7 Å². The molecule has 1 saturated carbocycles. The lowest BCUT2D eigenvalue weighted by Gasteiger charge is -2.29. The van der Waals surface area contributed by atoms with E-state index in [-0.39, 0.29) is 12.1 Å². The van der Waals surface area contributed by atoms with Gasteiger partial charge in [-0.2, -0.15) is 0 Å². The SMILES string of the molecule is COc1cc(Cl)cc(CC(C)N)c1OC1CCCC(C)C1. The van der Waals surface area contributed by atoms with E-state index in [0.29, 0.717) is 10.8 Å². The van der Waals surface area contributed by atoms with Crippen molar-refractivity contribution in [2.45, 2.75) is 58.1 Å². The van der Waals surface area contributed by atoms with Crippen LogP contribution in [0.1, 0.15) is 45.1 Å². The Hall–Kier alpha value is -0.930. The van der Waals surface area contributed by atoms with E-state index in [1.54, 1.807) is 7.11 Å². The number of hydrogen-bond donors (Lipinski definition) is 1. The number of methoxy groups -OCH3 is 1. The summed E-state index contributed by atoms with van der Waals surface area (Å²) in [5.41, 5.74) is 6.99. The van der Waals surface area contributed by atoms with Gasteiger partial charge in [-0.05, 0) is 44.6 Å². The molecule has 2 N–H and O–H groups in total. The molecule has 0 saturated heterocycles. The van der Waals surface area contributed by atoms with Gasteiger partial charge in [-0.25, -0.2) is 0 Å². The van der Waals surface area contributed by atoms with Gasteiger partial charge in [0.15, 0.2) is 11.5 Å². The molecule has 1 fully saturated rings. The van der Waals surface area contributed by atoms with Crippen molar-refractivity contribution in [2.24, 2.45) is 11.7 Å². The standard InChI is InChI=1S/C17H26ClNO2/c1-11-5-4-6-15(7-11)21-17-13(8-12(2)19)9-14(18)10-16(17)20-3/h9-12,15H,4-8,19H2,1-3H3. The molecule has 0 amide bonds. The first kappa shape index (κ1) is 16.4. The van der Waals surface area contributed by atoms with Crippen LogP contribution in [0.2, 0.25) is 5.02 Å². The molecular formula is C17H26ClNO2. The summed E-state index contributed by atoms with van der Waals surface area (Å²) in [6.45, 7) is 4.28. The highest BCUT2D eigenvalue weighted by atomic mass is 35.5. The lowest BCUT2D eigenvalue weighted by atomic mass is 9.88. The number of hydrogen-bond acceptors (Lipinski definition) is 3. The zero-order valence-corrected chi connectivity index (χ0v) is 14.0. The summed E-state index contributed by atoms with van der Waals surface area (Å²) in [5, 5.41) is 0.659. The second kappa shape index (κ2) is 7.37. The van der Waals surface area contributed by atoms with Gasteiger partial charge in [0.05, 0.1) is 13.2 Å². The molecule has 0 heterocycles. The Bertz CT molecular complexity index is 476. The third-order valence-electron chi connectivity index (χ3n) is 4.03. The van der Waals surface area contributed by atoms with Crippen molar-refractivity contribution in [3.63, 3.8) is 0 Å². The molecule has 3 nitrogen and oxygen atoms in total. The molecule has 4 heteroatoms. The molecule has 0 aromatic heterocycles. The summed E-state index contributed by atoms with van der Waals surface area (Å²) >= 11 is 6.17. The number of benzene rings is 1. The van der Waals surface area contributed by atoms with Crippen molar-refractivity contribution >= 4 is 11.6 Å². The van der Waals surface area contributed by atoms with Gasteiger partial charge in [0.25, 0.3) is 0 Å². The van der Waals surface area contributed by atoms with Crippen LogP contribution < -0.4 is 15.2 Å². The zero-order valence-electron chi connectivity index (χ0n) is 13.2. The molecule has 0 radical (unpaired) electrons. The van der Waals surface area contributed by atoms with E-state index in [2.05, 4.69) is 6.92 Å². The van der Waals surface area contributed by atoms with Gasteiger partial charge in [-0.15, -0.1) is 0 Å². The maximum absolute atomic E-state index is 6.30. The average molecular weight is 312 g/mol. The molecule has 0 aliphatic heterocycles.